The van der Waals surface area contributed by atoms with Crippen molar-refractivity contribution in [3.63, 3.8) is 0 Å². The van der Waals surface area contributed by atoms with E-state index in [0.717, 1.165) is 17.1 Å². The van der Waals surface area contributed by atoms with Crippen molar-refractivity contribution in [2.45, 2.75) is 11.8 Å². The van der Waals surface area contributed by atoms with Crippen LogP contribution in [0.4, 0.5) is 5.69 Å². The molecule has 0 saturated carbocycles. The molecule has 0 radical (unpaired) electrons. The van der Waals surface area contributed by atoms with E-state index in [2.05, 4.69) is 11.8 Å². The lowest BCUT2D eigenvalue weighted by atomic mass is 10.3. The summed E-state index contributed by atoms with van der Waals surface area (Å²) in [6, 6.07) is 7.91. The molecule has 0 N–H and O–H groups in total. The fourth-order valence-corrected chi connectivity index (χ4v) is 2.86. The molecular formula is C9H11NOS. The zero-order valence-electron chi connectivity index (χ0n) is 6.99. The fraction of sp³-hybridized carbons (Fsp3) is 0.333. The molecule has 1 aliphatic rings. The van der Waals surface area contributed by atoms with Gasteiger partial charge in [0.2, 0.25) is 0 Å². The SMILES string of the molecule is CCN1CS(=O)c2ccccc21. The summed E-state index contributed by atoms with van der Waals surface area (Å²) in [5, 5.41) is 0. The van der Waals surface area contributed by atoms with Crippen molar-refractivity contribution in [3.8, 4) is 0 Å². The number of nitrogens with zero attached hydrogens (tertiary/aromatic N) is 1. The first-order chi connectivity index (χ1) is 5.83. The summed E-state index contributed by atoms with van der Waals surface area (Å²) in [7, 11) is -0.802. The van der Waals surface area contributed by atoms with E-state index < -0.39 is 10.8 Å². The number of para-hydroxylation sites is 1. The molecule has 0 aliphatic carbocycles. The van der Waals surface area contributed by atoms with E-state index in [1.807, 2.05) is 24.3 Å². The van der Waals surface area contributed by atoms with Crippen LogP contribution < -0.4 is 4.90 Å². The maximum Gasteiger partial charge on any atom is 0.0985 e. The van der Waals surface area contributed by atoms with Crippen molar-refractivity contribution in [2.24, 2.45) is 0 Å². The first kappa shape index (κ1) is 7.80. The molecule has 0 amide bonds. The number of fused-ring (bicyclic) bond motifs is 1. The van der Waals surface area contributed by atoms with Gasteiger partial charge in [0.25, 0.3) is 0 Å². The Hall–Kier alpha value is -0.830. The van der Waals surface area contributed by atoms with Crippen LogP contribution in [0.2, 0.25) is 0 Å². The van der Waals surface area contributed by atoms with Crippen LogP contribution in [0.1, 0.15) is 6.92 Å². The average molecular weight is 181 g/mol. The second-order valence-electron chi connectivity index (χ2n) is 2.80. The number of hydrogen-bond acceptors (Lipinski definition) is 2. The van der Waals surface area contributed by atoms with Gasteiger partial charge >= 0.3 is 0 Å². The van der Waals surface area contributed by atoms with Gasteiger partial charge in [0.05, 0.1) is 27.3 Å². The van der Waals surface area contributed by atoms with Gasteiger partial charge in [-0.25, -0.2) is 0 Å². The van der Waals surface area contributed by atoms with Crippen LogP contribution in [0.3, 0.4) is 0 Å². The van der Waals surface area contributed by atoms with E-state index in [4.69, 9.17) is 0 Å². The van der Waals surface area contributed by atoms with Crippen LogP contribution >= 0.6 is 0 Å². The van der Waals surface area contributed by atoms with Gasteiger partial charge in [-0.15, -0.1) is 0 Å². The lowest BCUT2D eigenvalue weighted by Crippen LogP contribution is -2.19. The predicted molar refractivity (Wildman–Crippen MR) is 50.7 cm³/mol. The van der Waals surface area contributed by atoms with Gasteiger partial charge in [-0.1, -0.05) is 12.1 Å². The third kappa shape index (κ3) is 1.05. The molecule has 1 atom stereocenters. The van der Waals surface area contributed by atoms with E-state index in [1.165, 1.54) is 0 Å². The van der Waals surface area contributed by atoms with Gasteiger partial charge in [-0.3, -0.25) is 4.21 Å². The fourth-order valence-electron chi connectivity index (χ4n) is 1.45. The van der Waals surface area contributed by atoms with Gasteiger partial charge < -0.3 is 4.90 Å². The highest BCUT2D eigenvalue weighted by Crippen LogP contribution is 2.30. The van der Waals surface area contributed by atoms with E-state index in [1.54, 1.807) is 0 Å². The van der Waals surface area contributed by atoms with E-state index >= 15 is 0 Å². The summed E-state index contributed by atoms with van der Waals surface area (Å²) in [5.74, 6) is 0.663. The third-order valence-corrected chi connectivity index (χ3v) is 3.49. The second-order valence-corrected chi connectivity index (χ2v) is 4.19. The smallest absolute Gasteiger partial charge is 0.0985 e. The summed E-state index contributed by atoms with van der Waals surface area (Å²) in [6.07, 6.45) is 0. The Morgan fingerprint density at radius 3 is 3.00 bits per heavy atom. The number of rotatable bonds is 1. The summed E-state index contributed by atoms with van der Waals surface area (Å²) in [5.41, 5.74) is 1.14. The Bertz CT molecular complexity index is 324. The second kappa shape index (κ2) is 2.90. The monoisotopic (exact) mass is 181 g/mol. The lowest BCUT2D eigenvalue weighted by molar-refractivity contribution is 0.685. The maximum atomic E-state index is 11.5. The summed E-state index contributed by atoms with van der Waals surface area (Å²) in [4.78, 5) is 3.13. The summed E-state index contributed by atoms with van der Waals surface area (Å²) in [6.45, 7) is 3.02. The van der Waals surface area contributed by atoms with E-state index in [-0.39, 0.29) is 0 Å². The Labute approximate surface area is 74.7 Å². The molecule has 1 aromatic rings. The topological polar surface area (TPSA) is 20.3 Å². The van der Waals surface area contributed by atoms with Crippen LogP contribution in [0.15, 0.2) is 29.2 Å². The summed E-state index contributed by atoms with van der Waals surface area (Å²) >= 11 is 0. The molecule has 0 saturated heterocycles. The zero-order valence-corrected chi connectivity index (χ0v) is 7.80. The predicted octanol–water partition coefficient (Wildman–Crippen LogP) is 1.59. The van der Waals surface area contributed by atoms with Crippen molar-refractivity contribution in [1.29, 1.82) is 0 Å². The van der Waals surface area contributed by atoms with Crippen molar-refractivity contribution in [3.05, 3.63) is 24.3 Å². The Kier molecular flexibility index (Phi) is 1.89. The highest BCUT2D eigenvalue weighted by Gasteiger charge is 2.22. The molecule has 12 heavy (non-hydrogen) atoms. The normalized spacial score (nSPS) is 21.1. The van der Waals surface area contributed by atoms with Crippen LogP contribution in [-0.4, -0.2) is 16.6 Å². The first-order valence-corrected chi connectivity index (χ1v) is 5.37. The van der Waals surface area contributed by atoms with E-state index in [9.17, 15) is 4.21 Å². The Morgan fingerprint density at radius 2 is 2.25 bits per heavy atom. The largest absolute Gasteiger partial charge is 0.359 e. The van der Waals surface area contributed by atoms with Gasteiger partial charge in [0.15, 0.2) is 0 Å². The Balaban J connectivity index is 2.50. The van der Waals surface area contributed by atoms with E-state index in [0.29, 0.717) is 5.88 Å². The Morgan fingerprint density at radius 1 is 1.50 bits per heavy atom. The van der Waals surface area contributed by atoms with Gasteiger partial charge in [0.1, 0.15) is 0 Å². The molecule has 2 rings (SSSR count). The first-order valence-electron chi connectivity index (χ1n) is 4.05. The van der Waals surface area contributed by atoms with Crippen LogP contribution in [0.25, 0.3) is 0 Å². The molecule has 0 aromatic heterocycles. The number of anilines is 1. The minimum absolute atomic E-state index is 0.663. The molecule has 2 nitrogen and oxygen atoms in total. The number of hydrogen-bond donors (Lipinski definition) is 0. The molecule has 1 heterocycles. The van der Waals surface area contributed by atoms with Crippen LogP contribution in [0, 0.1) is 0 Å². The average Bonchev–Trinajstić information content (AvgIpc) is 2.44. The molecule has 3 heteroatoms. The standard InChI is InChI=1S/C9H11NOS/c1-2-10-7-12(11)9-6-4-3-5-8(9)10/h3-6H,2,7H2,1H3. The van der Waals surface area contributed by atoms with Gasteiger partial charge in [-0.05, 0) is 19.1 Å². The molecule has 1 unspecified atom stereocenters. The van der Waals surface area contributed by atoms with Crippen LogP contribution in [0.5, 0.6) is 0 Å². The van der Waals surface area contributed by atoms with Crippen molar-refractivity contribution < 1.29 is 4.21 Å². The molecule has 1 aromatic carbocycles. The van der Waals surface area contributed by atoms with Crippen molar-refractivity contribution in [1.82, 2.24) is 0 Å². The minimum Gasteiger partial charge on any atom is -0.359 e. The molecular weight excluding hydrogens is 170 g/mol. The molecule has 0 fully saturated rings. The highest BCUT2D eigenvalue weighted by molar-refractivity contribution is 7.85. The van der Waals surface area contributed by atoms with Gasteiger partial charge in [0, 0.05) is 6.54 Å². The summed E-state index contributed by atoms with van der Waals surface area (Å²) < 4.78 is 11.5. The molecule has 64 valence electrons. The minimum atomic E-state index is -0.802. The van der Waals surface area contributed by atoms with Crippen LogP contribution in [-0.2, 0) is 10.8 Å². The van der Waals surface area contributed by atoms with Crippen molar-refractivity contribution in [2.75, 3.05) is 17.3 Å². The lowest BCUT2D eigenvalue weighted by Gasteiger charge is -2.13. The third-order valence-electron chi connectivity index (χ3n) is 2.11. The zero-order chi connectivity index (χ0) is 8.55. The molecule has 0 bridgehead atoms. The maximum absolute atomic E-state index is 11.5. The number of benzene rings is 1. The molecule has 1 aliphatic heterocycles. The van der Waals surface area contributed by atoms with Crippen molar-refractivity contribution >= 4 is 16.5 Å². The molecule has 0 spiro atoms. The van der Waals surface area contributed by atoms with Gasteiger partial charge in [-0.2, -0.15) is 0 Å². The quantitative estimate of drug-likeness (QED) is 0.655. The highest BCUT2D eigenvalue weighted by atomic mass is 32.2.